The van der Waals surface area contributed by atoms with Crippen LogP contribution in [-0.2, 0) is 4.79 Å². The first-order chi connectivity index (χ1) is 7.29. The molecule has 6 nitrogen and oxygen atoms in total. The minimum Gasteiger partial charge on any atom is -0.547 e. The molecule has 0 aliphatic heterocycles. The standard InChI is InChI=1S/C9H8N4O2/c14-9(15)8(13-6-10-11-12-13)7-4-2-1-3-5-7/h1-6,8H,(H,14,15)/p-1/t8-/m0/s1. The van der Waals surface area contributed by atoms with E-state index in [1.807, 2.05) is 0 Å². The van der Waals surface area contributed by atoms with Crippen molar-refractivity contribution in [2.24, 2.45) is 0 Å². The van der Waals surface area contributed by atoms with E-state index < -0.39 is 12.0 Å². The average molecular weight is 203 g/mol. The summed E-state index contributed by atoms with van der Waals surface area (Å²) in [5, 5.41) is 21.3. The predicted molar refractivity (Wildman–Crippen MR) is 47.4 cm³/mol. The number of carboxylic acids is 1. The van der Waals surface area contributed by atoms with Crippen LogP contribution in [0.3, 0.4) is 0 Å². The molecule has 6 heteroatoms. The summed E-state index contributed by atoms with van der Waals surface area (Å²) < 4.78 is 1.14. The number of aliphatic carboxylic acids is 1. The predicted octanol–water partition coefficient (Wildman–Crippen LogP) is -0.988. The summed E-state index contributed by atoms with van der Waals surface area (Å²) >= 11 is 0. The maximum atomic E-state index is 11.0. The molecule has 0 aliphatic rings. The molecule has 2 aromatic rings. The minimum atomic E-state index is -1.24. The molecule has 0 saturated carbocycles. The molecule has 0 fully saturated rings. The van der Waals surface area contributed by atoms with E-state index in [-0.39, 0.29) is 0 Å². The third-order valence-corrected chi connectivity index (χ3v) is 1.97. The van der Waals surface area contributed by atoms with Crippen molar-refractivity contribution >= 4 is 5.97 Å². The lowest BCUT2D eigenvalue weighted by Crippen LogP contribution is -2.34. The van der Waals surface area contributed by atoms with Crippen LogP contribution in [0.5, 0.6) is 0 Å². The Morgan fingerprint density at radius 2 is 2.07 bits per heavy atom. The zero-order valence-electron chi connectivity index (χ0n) is 7.65. The van der Waals surface area contributed by atoms with E-state index in [9.17, 15) is 9.90 Å². The van der Waals surface area contributed by atoms with Crippen LogP contribution >= 0.6 is 0 Å². The summed E-state index contributed by atoms with van der Waals surface area (Å²) in [6.45, 7) is 0. The fourth-order valence-corrected chi connectivity index (χ4v) is 1.32. The zero-order chi connectivity index (χ0) is 10.7. The van der Waals surface area contributed by atoms with E-state index >= 15 is 0 Å². The number of hydrogen-bond acceptors (Lipinski definition) is 5. The highest BCUT2D eigenvalue weighted by Gasteiger charge is 2.15. The molecule has 15 heavy (non-hydrogen) atoms. The number of aromatic nitrogens is 4. The average Bonchev–Trinajstić information content (AvgIpc) is 2.72. The van der Waals surface area contributed by atoms with Crippen molar-refractivity contribution in [1.82, 2.24) is 20.2 Å². The molecule has 1 aromatic carbocycles. The first-order valence-corrected chi connectivity index (χ1v) is 4.27. The molecule has 76 valence electrons. The summed E-state index contributed by atoms with van der Waals surface area (Å²) in [5.74, 6) is -1.24. The summed E-state index contributed by atoms with van der Waals surface area (Å²) in [6, 6.07) is 7.67. The monoisotopic (exact) mass is 203 g/mol. The van der Waals surface area contributed by atoms with Gasteiger partial charge in [0.2, 0.25) is 0 Å². The summed E-state index contributed by atoms with van der Waals surface area (Å²) in [7, 11) is 0. The number of carboxylic acid groups (broad SMARTS) is 1. The minimum absolute atomic E-state index is 0.574. The first kappa shape index (κ1) is 9.32. The van der Waals surface area contributed by atoms with Crippen molar-refractivity contribution in [3.05, 3.63) is 42.2 Å². The number of rotatable bonds is 3. The fraction of sp³-hybridized carbons (Fsp3) is 0.111. The Labute approximate surface area is 85.2 Å². The van der Waals surface area contributed by atoms with Crippen LogP contribution in [0.4, 0.5) is 0 Å². The molecule has 2 rings (SSSR count). The third-order valence-electron chi connectivity index (χ3n) is 1.97. The quantitative estimate of drug-likeness (QED) is 0.639. The van der Waals surface area contributed by atoms with Crippen LogP contribution in [0, 0.1) is 0 Å². The van der Waals surface area contributed by atoms with E-state index in [0.29, 0.717) is 5.56 Å². The van der Waals surface area contributed by atoms with Crippen molar-refractivity contribution in [3.8, 4) is 0 Å². The molecule has 1 atom stereocenters. The van der Waals surface area contributed by atoms with Crippen molar-refractivity contribution in [2.75, 3.05) is 0 Å². The van der Waals surface area contributed by atoms with E-state index in [1.54, 1.807) is 30.3 Å². The Kier molecular flexibility index (Phi) is 2.40. The Morgan fingerprint density at radius 1 is 1.33 bits per heavy atom. The van der Waals surface area contributed by atoms with Crippen molar-refractivity contribution in [3.63, 3.8) is 0 Å². The van der Waals surface area contributed by atoms with Crippen LogP contribution in [0.1, 0.15) is 11.6 Å². The largest absolute Gasteiger partial charge is 0.547 e. The number of carbonyl (C=O) groups excluding carboxylic acids is 1. The van der Waals surface area contributed by atoms with Gasteiger partial charge in [-0.2, -0.15) is 0 Å². The van der Waals surface area contributed by atoms with E-state index in [1.165, 1.54) is 6.33 Å². The van der Waals surface area contributed by atoms with Gasteiger partial charge in [-0.1, -0.05) is 30.3 Å². The number of carbonyl (C=O) groups is 1. The SMILES string of the molecule is O=C([O-])[C@H](c1ccccc1)n1cnnn1. The van der Waals surface area contributed by atoms with Gasteiger partial charge in [0.25, 0.3) is 0 Å². The molecule has 0 N–H and O–H groups in total. The smallest absolute Gasteiger partial charge is 0.139 e. The lowest BCUT2D eigenvalue weighted by molar-refractivity contribution is -0.309. The Bertz CT molecular complexity index is 440. The molecule has 0 unspecified atom stereocenters. The number of tetrazole rings is 1. The lowest BCUT2D eigenvalue weighted by Gasteiger charge is -2.17. The molecular weight excluding hydrogens is 196 g/mol. The second-order valence-corrected chi connectivity index (χ2v) is 2.92. The number of benzene rings is 1. The second kappa shape index (κ2) is 3.87. The molecule has 0 amide bonds. The summed E-state index contributed by atoms with van der Waals surface area (Å²) in [6.07, 6.45) is 1.24. The molecule has 1 heterocycles. The van der Waals surface area contributed by atoms with Gasteiger partial charge < -0.3 is 9.90 Å². The number of nitrogens with zero attached hydrogens (tertiary/aromatic N) is 4. The van der Waals surface area contributed by atoms with Crippen LogP contribution in [0.15, 0.2) is 36.7 Å². The highest BCUT2D eigenvalue weighted by molar-refractivity contribution is 5.73. The molecule has 0 bridgehead atoms. The zero-order valence-corrected chi connectivity index (χ0v) is 7.65. The summed E-state index contributed by atoms with van der Waals surface area (Å²) in [5.41, 5.74) is 0.574. The lowest BCUT2D eigenvalue weighted by atomic mass is 10.1. The Morgan fingerprint density at radius 3 is 2.60 bits per heavy atom. The van der Waals surface area contributed by atoms with Crippen molar-refractivity contribution < 1.29 is 9.90 Å². The normalized spacial score (nSPS) is 12.3. The molecule has 1 aromatic heterocycles. The van der Waals surface area contributed by atoms with E-state index in [0.717, 1.165) is 4.68 Å². The van der Waals surface area contributed by atoms with Gasteiger partial charge >= 0.3 is 0 Å². The van der Waals surface area contributed by atoms with Gasteiger partial charge in [-0.15, -0.1) is 5.10 Å². The molecule has 0 radical (unpaired) electrons. The highest BCUT2D eigenvalue weighted by atomic mass is 16.4. The van der Waals surface area contributed by atoms with Gasteiger partial charge in [0.15, 0.2) is 0 Å². The van der Waals surface area contributed by atoms with Gasteiger partial charge in [0, 0.05) is 0 Å². The van der Waals surface area contributed by atoms with E-state index in [4.69, 9.17) is 0 Å². The second-order valence-electron chi connectivity index (χ2n) is 2.92. The van der Waals surface area contributed by atoms with Gasteiger partial charge in [-0.25, -0.2) is 4.68 Å². The Balaban J connectivity index is 2.42. The van der Waals surface area contributed by atoms with E-state index in [2.05, 4.69) is 15.5 Å². The van der Waals surface area contributed by atoms with Crippen molar-refractivity contribution in [2.45, 2.75) is 6.04 Å². The maximum absolute atomic E-state index is 11.0. The Hall–Kier alpha value is -2.24. The van der Waals surface area contributed by atoms with Crippen LogP contribution in [0.2, 0.25) is 0 Å². The van der Waals surface area contributed by atoms with Gasteiger partial charge in [0.05, 0.1) is 5.97 Å². The maximum Gasteiger partial charge on any atom is 0.139 e. The van der Waals surface area contributed by atoms with Gasteiger partial charge in [-0.3, -0.25) is 0 Å². The van der Waals surface area contributed by atoms with Gasteiger partial charge in [0.1, 0.15) is 12.4 Å². The van der Waals surface area contributed by atoms with Gasteiger partial charge in [-0.05, 0) is 16.0 Å². The molecule has 0 spiro atoms. The third kappa shape index (κ3) is 1.83. The topological polar surface area (TPSA) is 83.7 Å². The number of hydrogen-bond donors (Lipinski definition) is 0. The fourth-order valence-electron chi connectivity index (χ4n) is 1.32. The molecule has 0 saturated heterocycles. The van der Waals surface area contributed by atoms with Crippen LogP contribution < -0.4 is 5.11 Å². The van der Waals surface area contributed by atoms with Crippen LogP contribution in [-0.4, -0.2) is 26.2 Å². The first-order valence-electron chi connectivity index (χ1n) is 4.27. The van der Waals surface area contributed by atoms with Crippen molar-refractivity contribution in [1.29, 1.82) is 0 Å². The molecule has 0 aliphatic carbocycles. The van der Waals surface area contributed by atoms with Crippen LogP contribution in [0.25, 0.3) is 0 Å². The molecular formula is C9H7N4O2-. The summed E-state index contributed by atoms with van der Waals surface area (Å²) in [4.78, 5) is 11.0. The highest BCUT2D eigenvalue weighted by Crippen LogP contribution is 2.15.